The van der Waals surface area contributed by atoms with Crippen LogP contribution in [0.25, 0.3) is 22.5 Å². The van der Waals surface area contributed by atoms with Gasteiger partial charge < -0.3 is 59.5 Å². The Bertz CT molecular complexity index is 2360. The molecule has 1 saturated heterocycles. The van der Waals surface area contributed by atoms with Crippen LogP contribution in [0.1, 0.15) is 44.7 Å². The van der Waals surface area contributed by atoms with E-state index in [9.17, 15) is 33.9 Å². The third kappa shape index (κ3) is 16.4. The van der Waals surface area contributed by atoms with Crippen LogP contribution in [0, 0.1) is 6.92 Å². The number of urea groups is 1. The monoisotopic (exact) mass is 972 g/mol. The molecule has 1 unspecified atom stereocenters. The zero-order valence-corrected chi connectivity index (χ0v) is 39.0. The molecule has 1 atom stereocenters. The lowest BCUT2D eigenvalue weighted by Gasteiger charge is -2.27. The summed E-state index contributed by atoms with van der Waals surface area (Å²) in [5, 5.41) is 29.3. The number of amides is 5. The van der Waals surface area contributed by atoms with Crippen LogP contribution in [0.4, 0.5) is 10.5 Å². The van der Waals surface area contributed by atoms with Crippen LogP contribution in [0.3, 0.4) is 0 Å². The Hall–Kier alpha value is -6.79. The minimum absolute atomic E-state index is 0.0532. The number of aromatic amines is 1. The van der Waals surface area contributed by atoms with Crippen LogP contribution in [0.15, 0.2) is 66.7 Å². The van der Waals surface area contributed by atoms with Crippen LogP contribution >= 0.6 is 0 Å². The normalized spacial score (nSPS) is 13.5. The Morgan fingerprint density at radius 1 is 0.757 bits per heavy atom. The Morgan fingerprint density at radius 3 is 1.97 bits per heavy atom. The van der Waals surface area contributed by atoms with Crippen LogP contribution in [0.5, 0.6) is 5.75 Å². The number of ketones is 1. The minimum Gasteiger partial charge on any atom is -0.484 e. The van der Waals surface area contributed by atoms with Gasteiger partial charge in [0.25, 0.3) is 11.8 Å². The highest BCUT2D eigenvalue weighted by atomic mass is 16.6. The lowest BCUT2D eigenvalue weighted by atomic mass is 10.0. The topological polar surface area (TPSA) is 279 Å². The lowest BCUT2D eigenvalue weighted by molar-refractivity contribution is -0.139. The van der Waals surface area contributed by atoms with E-state index in [2.05, 4.69) is 36.9 Å². The second-order valence-electron chi connectivity index (χ2n) is 15.9. The van der Waals surface area contributed by atoms with Crippen LogP contribution in [-0.4, -0.2) is 174 Å². The standard InChI is InChI=1S/C48H60N8O14/c1-32-5-7-34(8-6-32)46(60)51-38(47(61)62)13-14-39(57)49-15-19-64-23-25-67-27-29-69-30-28-68-26-24-65-20-16-50-40(58)31-70-35-11-9-33(10-12-35)43-42-44(54-53-43)36-3-2-4-37(41(36)45(42)59)52-48(63)55-56-17-21-66-22-18-56/h2-12,38H,13-31H2,1H3,(H,49,57)(H,50,58)(H,51,60)(H,53,54)(H,61,62)(H2,52,55,63). The summed E-state index contributed by atoms with van der Waals surface area (Å²) in [6.45, 7) is 7.76. The zero-order chi connectivity index (χ0) is 49.5. The van der Waals surface area contributed by atoms with Crippen LogP contribution < -0.4 is 31.4 Å². The predicted molar refractivity (Wildman–Crippen MR) is 252 cm³/mol. The second-order valence-corrected chi connectivity index (χ2v) is 15.9. The molecule has 376 valence electrons. The van der Waals surface area contributed by atoms with Crippen molar-refractivity contribution in [2.45, 2.75) is 25.8 Å². The summed E-state index contributed by atoms with van der Waals surface area (Å²) in [6, 6.07) is 17.3. The summed E-state index contributed by atoms with van der Waals surface area (Å²) in [5.41, 5.74) is 7.63. The van der Waals surface area contributed by atoms with Gasteiger partial charge in [-0.3, -0.25) is 29.7 Å². The van der Waals surface area contributed by atoms with E-state index in [-0.39, 0.29) is 56.7 Å². The number of anilines is 1. The van der Waals surface area contributed by atoms with E-state index in [1.54, 1.807) is 71.7 Å². The summed E-state index contributed by atoms with van der Waals surface area (Å²) in [6.07, 6.45) is -0.126. The van der Waals surface area contributed by atoms with Crippen molar-refractivity contribution >= 4 is 41.2 Å². The summed E-state index contributed by atoms with van der Waals surface area (Å²) in [4.78, 5) is 75.0. The fraction of sp³-hybridized carbons (Fsp3) is 0.438. The third-order valence-electron chi connectivity index (χ3n) is 10.8. The fourth-order valence-corrected chi connectivity index (χ4v) is 7.15. The van der Waals surface area contributed by atoms with Gasteiger partial charge in [0.15, 0.2) is 12.4 Å². The molecule has 2 aliphatic rings. The number of ether oxygens (including phenoxy) is 7. The molecule has 1 aliphatic heterocycles. The summed E-state index contributed by atoms with van der Waals surface area (Å²) < 4.78 is 38.4. The number of aryl methyl sites for hydroxylation is 1. The Kier molecular flexibility index (Phi) is 21.0. The number of H-pyrrole nitrogens is 1. The molecule has 22 nitrogen and oxygen atoms in total. The number of benzene rings is 3. The highest BCUT2D eigenvalue weighted by Crippen LogP contribution is 2.43. The van der Waals surface area contributed by atoms with E-state index in [0.717, 1.165) is 5.56 Å². The molecule has 0 spiro atoms. The van der Waals surface area contributed by atoms with Gasteiger partial charge in [0, 0.05) is 49.3 Å². The maximum atomic E-state index is 13.7. The summed E-state index contributed by atoms with van der Waals surface area (Å²) in [7, 11) is 0. The van der Waals surface area contributed by atoms with Crippen molar-refractivity contribution in [1.82, 2.24) is 36.6 Å². The molecular weight excluding hydrogens is 913 g/mol. The van der Waals surface area contributed by atoms with Crippen molar-refractivity contribution in [1.29, 1.82) is 0 Å². The molecular formula is C48H60N8O14. The number of carbonyl (C=O) groups excluding carboxylic acids is 5. The SMILES string of the molecule is Cc1ccc(C(=O)NC(CCC(=O)NCCOCCOCCOCCOCCOCCNC(=O)COc2ccc(-c3n[nH]c4c3C(=O)c3c(NC(=O)NN5CCOCC5)cccc3-4)cc2)C(=O)O)cc1. The molecule has 2 heterocycles. The molecule has 4 aromatic rings. The van der Waals surface area contributed by atoms with Crippen molar-refractivity contribution < 1.29 is 67.0 Å². The third-order valence-corrected chi connectivity index (χ3v) is 10.8. The number of nitrogens with one attached hydrogen (secondary N) is 6. The van der Waals surface area contributed by atoms with Crippen LogP contribution in [-0.2, 0) is 42.8 Å². The predicted octanol–water partition coefficient (Wildman–Crippen LogP) is 2.32. The van der Waals surface area contributed by atoms with E-state index < -0.39 is 23.9 Å². The number of carboxylic acids is 1. The average molecular weight is 973 g/mol. The molecule has 7 N–H and O–H groups in total. The van der Waals surface area contributed by atoms with Gasteiger partial charge in [0.05, 0.1) is 102 Å². The van der Waals surface area contributed by atoms with Gasteiger partial charge >= 0.3 is 12.0 Å². The average Bonchev–Trinajstić information content (AvgIpc) is 3.92. The molecule has 5 amide bonds. The maximum Gasteiger partial charge on any atom is 0.333 e. The van der Waals surface area contributed by atoms with E-state index in [1.807, 2.05) is 6.92 Å². The number of aromatic nitrogens is 2. The fourth-order valence-electron chi connectivity index (χ4n) is 7.15. The Balaban J connectivity index is 0.720. The molecule has 3 aromatic carbocycles. The molecule has 6 rings (SSSR count). The number of hydrogen-bond donors (Lipinski definition) is 7. The van der Waals surface area contributed by atoms with Gasteiger partial charge in [-0.15, -0.1) is 0 Å². The smallest absolute Gasteiger partial charge is 0.333 e. The number of rotatable bonds is 30. The zero-order valence-electron chi connectivity index (χ0n) is 39.0. The highest BCUT2D eigenvalue weighted by Gasteiger charge is 2.35. The number of carbonyl (C=O) groups is 6. The Morgan fingerprint density at radius 2 is 1.36 bits per heavy atom. The van der Waals surface area contributed by atoms with Gasteiger partial charge in [-0.25, -0.2) is 14.6 Å². The lowest BCUT2D eigenvalue weighted by Crippen LogP contribution is -2.49. The highest BCUT2D eigenvalue weighted by molar-refractivity contribution is 6.27. The first kappa shape index (κ1) is 52.6. The number of carboxylic acid groups (broad SMARTS) is 1. The van der Waals surface area contributed by atoms with E-state index in [0.29, 0.717) is 136 Å². The summed E-state index contributed by atoms with van der Waals surface area (Å²) in [5.74, 6) is -2.20. The first-order valence-corrected chi connectivity index (χ1v) is 23.0. The number of fused-ring (bicyclic) bond motifs is 3. The first-order chi connectivity index (χ1) is 34.1. The van der Waals surface area contributed by atoms with E-state index in [1.165, 1.54) is 0 Å². The van der Waals surface area contributed by atoms with Crippen molar-refractivity contribution in [2.75, 3.05) is 117 Å². The van der Waals surface area contributed by atoms with Crippen molar-refractivity contribution in [3.63, 3.8) is 0 Å². The van der Waals surface area contributed by atoms with Crippen molar-refractivity contribution in [3.05, 3.63) is 89.0 Å². The number of hydrazine groups is 1. The molecule has 1 aromatic heterocycles. The van der Waals surface area contributed by atoms with Crippen molar-refractivity contribution in [2.24, 2.45) is 0 Å². The first-order valence-electron chi connectivity index (χ1n) is 23.0. The molecule has 1 aliphatic carbocycles. The van der Waals surface area contributed by atoms with Crippen LogP contribution in [0.2, 0.25) is 0 Å². The largest absolute Gasteiger partial charge is 0.484 e. The van der Waals surface area contributed by atoms with Gasteiger partial charge in [-0.2, -0.15) is 5.10 Å². The summed E-state index contributed by atoms with van der Waals surface area (Å²) >= 11 is 0. The molecule has 0 bridgehead atoms. The molecule has 1 fully saturated rings. The van der Waals surface area contributed by atoms with E-state index in [4.69, 9.17) is 33.2 Å². The quantitative estimate of drug-likeness (QED) is 0.0325. The van der Waals surface area contributed by atoms with Crippen molar-refractivity contribution in [3.8, 4) is 28.3 Å². The molecule has 22 heteroatoms. The number of nitrogens with zero attached hydrogens (tertiary/aromatic N) is 2. The molecule has 0 radical (unpaired) electrons. The van der Waals surface area contributed by atoms with Gasteiger partial charge in [0.2, 0.25) is 5.91 Å². The Labute approximate surface area is 404 Å². The molecule has 0 saturated carbocycles. The molecule has 70 heavy (non-hydrogen) atoms. The number of hydrogen-bond acceptors (Lipinski definition) is 15. The number of aliphatic carboxylic acids is 1. The van der Waals surface area contributed by atoms with E-state index >= 15 is 0 Å². The van der Waals surface area contributed by atoms with Gasteiger partial charge in [-0.1, -0.05) is 29.8 Å². The van der Waals surface area contributed by atoms with Gasteiger partial charge in [-0.05, 0) is 55.8 Å². The number of morpholine rings is 1. The second kappa shape index (κ2) is 28.0. The minimum atomic E-state index is -1.22. The van der Waals surface area contributed by atoms with Gasteiger partial charge in [0.1, 0.15) is 17.5 Å². The maximum absolute atomic E-state index is 13.7.